The molecule has 2 rings (SSSR count). The number of hydrogen-bond acceptors (Lipinski definition) is 4. The van der Waals surface area contributed by atoms with Crippen LogP contribution in [0, 0.1) is 0 Å². The molecule has 0 spiro atoms. The zero-order valence-electron chi connectivity index (χ0n) is 20.2. The summed E-state index contributed by atoms with van der Waals surface area (Å²) in [5, 5.41) is 28.2. The van der Waals surface area contributed by atoms with Gasteiger partial charge in [-0.25, -0.2) is 0 Å². The number of alkyl halides is 10. The van der Waals surface area contributed by atoms with Crippen molar-refractivity contribution in [1.82, 2.24) is 0 Å². The lowest BCUT2D eigenvalue weighted by Crippen LogP contribution is -2.69. The summed E-state index contributed by atoms with van der Waals surface area (Å²) in [6.07, 6.45) is -12.7. The van der Waals surface area contributed by atoms with Crippen molar-refractivity contribution in [3.63, 3.8) is 0 Å². The fraction of sp³-hybridized carbons (Fsp3) is 0.440. The Morgan fingerprint density at radius 1 is 0.795 bits per heavy atom. The summed E-state index contributed by atoms with van der Waals surface area (Å²) in [5.41, 5.74) is -3.78. The molecule has 0 saturated carbocycles. The molecule has 0 saturated heterocycles. The number of hydrogen-bond donors (Lipinski definition) is 3. The van der Waals surface area contributed by atoms with E-state index in [1.54, 1.807) is 30.3 Å². The highest BCUT2D eigenvalue weighted by Crippen LogP contribution is 2.55. The van der Waals surface area contributed by atoms with Gasteiger partial charge < -0.3 is 15.3 Å². The lowest BCUT2D eigenvalue weighted by Gasteiger charge is -2.40. The highest BCUT2D eigenvalue weighted by molar-refractivity contribution is 7.13. The van der Waals surface area contributed by atoms with E-state index in [9.17, 15) is 59.2 Å². The molecule has 3 N–H and O–H groups in total. The third-order valence-electron chi connectivity index (χ3n) is 5.93. The Morgan fingerprint density at radius 2 is 1.36 bits per heavy atom. The second-order valence-electron chi connectivity index (χ2n) is 8.50. The quantitative estimate of drug-likeness (QED) is 0.194. The van der Waals surface area contributed by atoms with Crippen molar-refractivity contribution in [1.29, 1.82) is 0 Å². The molecule has 39 heavy (non-hydrogen) atoms. The first-order chi connectivity index (χ1) is 17.9. The molecule has 218 valence electrons. The van der Waals surface area contributed by atoms with E-state index in [4.69, 9.17) is 0 Å². The number of rotatable bonds is 11. The number of aliphatic hydroxyl groups is 3. The van der Waals surface area contributed by atoms with E-state index in [0.29, 0.717) is 28.8 Å². The molecule has 0 aliphatic rings. The van der Waals surface area contributed by atoms with E-state index >= 15 is 0 Å². The van der Waals surface area contributed by atoms with Crippen LogP contribution in [0.4, 0.5) is 43.9 Å². The van der Waals surface area contributed by atoms with Crippen LogP contribution in [-0.4, -0.2) is 45.1 Å². The molecule has 3 nitrogen and oxygen atoms in total. The molecule has 0 unspecified atom stereocenters. The number of aryl methyl sites for hydroxylation is 2. The lowest BCUT2D eigenvalue weighted by molar-refractivity contribution is -0.409. The zero-order valence-corrected chi connectivity index (χ0v) is 21.0. The van der Waals surface area contributed by atoms with Gasteiger partial charge in [0.1, 0.15) is 0 Å². The average molecular weight is 595 g/mol. The van der Waals surface area contributed by atoms with Crippen LogP contribution >= 0.6 is 11.3 Å². The molecular formula is C25H24F10O3S. The highest BCUT2D eigenvalue weighted by Gasteiger charge is 2.83. The molecule has 1 heterocycles. The number of halogens is 10. The number of allylic oxidation sites excluding steroid dienone is 3. The maximum atomic E-state index is 13.8. The second-order valence-corrected chi connectivity index (χ2v) is 9.67. The average Bonchev–Trinajstić information content (AvgIpc) is 3.32. The van der Waals surface area contributed by atoms with Crippen molar-refractivity contribution in [2.45, 2.75) is 69.2 Å². The lowest BCUT2D eigenvalue weighted by atomic mass is 9.86. The normalized spacial score (nSPS) is 14.5. The van der Waals surface area contributed by atoms with E-state index in [2.05, 4.69) is 0 Å². The first kappa shape index (κ1) is 32.8. The third-order valence-corrected chi connectivity index (χ3v) is 7.16. The molecule has 1 aromatic heterocycles. The van der Waals surface area contributed by atoms with Crippen molar-refractivity contribution < 1.29 is 59.2 Å². The smallest absolute Gasteiger partial charge is 0.392 e. The van der Waals surface area contributed by atoms with Crippen LogP contribution in [0.1, 0.15) is 39.8 Å². The van der Waals surface area contributed by atoms with Crippen LogP contribution in [0.2, 0.25) is 0 Å². The summed E-state index contributed by atoms with van der Waals surface area (Å²) in [4.78, 5) is 1.23. The predicted octanol–water partition coefficient (Wildman–Crippen LogP) is 6.99. The van der Waals surface area contributed by atoms with Crippen LogP contribution in [-0.2, 0) is 26.1 Å². The van der Waals surface area contributed by atoms with Gasteiger partial charge in [-0.1, -0.05) is 37.3 Å². The summed E-state index contributed by atoms with van der Waals surface area (Å²) in [5.74, 6) is -13.7. The van der Waals surface area contributed by atoms with Crippen molar-refractivity contribution >= 4 is 16.9 Å². The molecule has 0 bridgehead atoms. The minimum Gasteiger partial charge on any atom is -0.392 e. The Hall–Kier alpha value is -2.42. The maximum Gasteiger partial charge on any atom is 0.457 e. The van der Waals surface area contributed by atoms with E-state index in [1.807, 2.05) is 0 Å². The summed E-state index contributed by atoms with van der Waals surface area (Å²) < 4.78 is 132. The van der Waals surface area contributed by atoms with Crippen molar-refractivity contribution in [2.75, 3.05) is 0 Å². The largest absolute Gasteiger partial charge is 0.457 e. The van der Waals surface area contributed by atoms with Gasteiger partial charge in [-0.2, -0.15) is 43.9 Å². The van der Waals surface area contributed by atoms with Gasteiger partial charge >= 0.3 is 24.2 Å². The Bertz CT molecular complexity index is 1150. The second kappa shape index (κ2) is 12.0. The summed E-state index contributed by atoms with van der Waals surface area (Å²) in [6.45, 7) is 1.01. The first-order valence-corrected chi connectivity index (χ1v) is 12.1. The van der Waals surface area contributed by atoms with Gasteiger partial charge in [0, 0.05) is 9.75 Å². The molecule has 0 amide bonds. The SMILES string of the molecule is CCC(=CC=CC(O)(C(F)(F)C(F)(F)F)C(F)(F)C(F)(F)F)c1ccc(CCc2ccc(CO)c(CO)c2)s1. The summed E-state index contributed by atoms with van der Waals surface area (Å²) >= 11 is 1.17. The zero-order chi connectivity index (χ0) is 29.9. The molecular weight excluding hydrogens is 570 g/mol. The number of thiophene rings is 1. The molecule has 14 heteroatoms. The van der Waals surface area contributed by atoms with Gasteiger partial charge in [0.2, 0.25) is 5.60 Å². The molecule has 1 aromatic carbocycles. The van der Waals surface area contributed by atoms with Crippen LogP contribution < -0.4 is 0 Å². The van der Waals surface area contributed by atoms with Gasteiger partial charge in [-0.3, -0.25) is 0 Å². The van der Waals surface area contributed by atoms with E-state index in [1.165, 1.54) is 18.3 Å². The molecule has 0 fully saturated rings. The van der Waals surface area contributed by atoms with Gasteiger partial charge in [0.05, 0.1) is 13.2 Å². The molecule has 0 radical (unpaired) electrons. The molecule has 0 aliphatic heterocycles. The van der Waals surface area contributed by atoms with Gasteiger partial charge in [-0.05, 0) is 59.7 Å². The fourth-order valence-corrected chi connectivity index (χ4v) is 4.71. The monoisotopic (exact) mass is 594 g/mol. The Kier molecular flexibility index (Phi) is 10.1. The maximum absolute atomic E-state index is 13.8. The minimum absolute atomic E-state index is 0.0938. The van der Waals surface area contributed by atoms with E-state index in [-0.39, 0.29) is 31.3 Å². The summed E-state index contributed by atoms with van der Waals surface area (Å²) in [7, 11) is 0. The Balaban J connectivity index is 2.33. The standard InChI is InChI=1S/C25H24F10O3S/c1-2-16(4-3-11-21(38,22(26,27)24(30,31)32)23(28,29)25(33,34)35)20-10-9-19(39-20)8-6-15-5-7-17(13-36)18(12-15)14-37/h3-5,7,9-12,36-38H,2,6,8,13-14H2,1H3. The summed E-state index contributed by atoms with van der Waals surface area (Å²) in [6, 6.07) is 8.37. The molecule has 2 aromatic rings. The van der Waals surface area contributed by atoms with Gasteiger partial charge in [-0.15, -0.1) is 11.3 Å². The topological polar surface area (TPSA) is 60.7 Å². The van der Waals surface area contributed by atoms with Gasteiger partial charge in [0.25, 0.3) is 0 Å². The van der Waals surface area contributed by atoms with Crippen LogP contribution in [0.3, 0.4) is 0 Å². The van der Waals surface area contributed by atoms with Crippen molar-refractivity contribution in [3.8, 4) is 0 Å². The number of benzene rings is 1. The highest BCUT2D eigenvalue weighted by atomic mass is 32.1. The number of aliphatic hydroxyl groups excluding tert-OH is 2. The van der Waals surface area contributed by atoms with Crippen LogP contribution in [0.15, 0.2) is 48.6 Å². The molecule has 0 aliphatic carbocycles. The van der Waals surface area contributed by atoms with Crippen LogP contribution in [0.5, 0.6) is 0 Å². The van der Waals surface area contributed by atoms with E-state index in [0.717, 1.165) is 16.5 Å². The Morgan fingerprint density at radius 3 is 1.85 bits per heavy atom. The van der Waals surface area contributed by atoms with Gasteiger partial charge in [0.15, 0.2) is 0 Å². The minimum atomic E-state index is -6.92. The fourth-order valence-electron chi connectivity index (χ4n) is 3.61. The van der Waals surface area contributed by atoms with E-state index < -0.39 is 35.9 Å². The third kappa shape index (κ3) is 6.67. The van der Waals surface area contributed by atoms with Crippen molar-refractivity contribution in [2.24, 2.45) is 0 Å². The van der Waals surface area contributed by atoms with Crippen molar-refractivity contribution in [3.05, 3.63) is 75.0 Å². The Labute approximate surface area is 220 Å². The molecule has 0 atom stereocenters. The first-order valence-electron chi connectivity index (χ1n) is 11.3. The van der Waals surface area contributed by atoms with Crippen LogP contribution in [0.25, 0.3) is 5.57 Å². The predicted molar refractivity (Wildman–Crippen MR) is 124 cm³/mol.